The minimum Gasteiger partial charge on any atom is -0.464 e. The Morgan fingerprint density at radius 1 is 1.61 bits per heavy atom. The number of aromatic amines is 1. The molecule has 7 nitrogen and oxygen atoms in total. The van der Waals surface area contributed by atoms with Gasteiger partial charge in [-0.25, -0.2) is 9.78 Å². The molecule has 1 aromatic rings. The molecule has 1 rings (SSSR count). The van der Waals surface area contributed by atoms with E-state index >= 15 is 0 Å². The van der Waals surface area contributed by atoms with Gasteiger partial charge in [-0.2, -0.15) is 0 Å². The predicted molar refractivity (Wildman–Crippen MR) is 64.2 cm³/mol. The molecular weight excluding hydrogens is 260 g/mol. The van der Waals surface area contributed by atoms with E-state index in [9.17, 15) is 19.8 Å². The number of rotatable bonds is 5. The van der Waals surface area contributed by atoms with E-state index in [1.807, 2.05) is 0 Å². The van der Waals surface area contributed by atoms with Crippen LogP contribution in [0.3, 0.4) is 0 Å². The van der Waals surface area contributed by atoms with E-state index in [1.165, 1.54) is 11.8 Å². The summed E-state index contributed by atoms with van der Waals surface area (Å²) in [5.74, 6) is -0.988. The number of esters is 1. The van der Waals surface area contributed by atoms with E-state index in [-0.39, 0.29) is 12.2 Å². The average molecular weight is 274 g/mol. The number of carbonyl (C=O) groups excluding carboxylic acids is 1. The lowest BCUT2D eigenvalue weighted by atomic mass is 10.1. The number of hydrogen-bond donors (Lipinski definition) is 3. The van der Waals surface area contributed by atoms with Crippen LogP contribution in [0.15, 0.2) is 16.1 Å². The van der Waals surface area contributed by atoms with Crippen LogP contribution in [0, 0.1) is 0 Å². The van der Waals surface area contributed by atoms with E-state index in [0.717, 1.165) is 6.20 Å². The summed E-state index contributed by atoms with van der Waals surface area (Å²) in [5, 5.41) is 19.6. The number of thioether (sulfide) groups is 1. The van der Waals surface area contributed by atoms with E-state index in [1.54, 1.807) is 13.2 Å². The lowest BCUT2D eigenvalue weighted by molar-refractivity contribution is -0.159. The molecule has 0 aliphatic carbocycles. The Morgan fingerprint density at radius 2 is 2.28 bits per heavy atom. The SMILES string of the molecule is CCOC(=O)C(O)C(O)c1cnc(SC)[nH]c1=O. The Balaban J connectivity index is 2.93. The van der Waals surface area contributed by atoms with Gasteiger partial charge in [0.25, 0.3) is 5.56 Å². The highest BCUT2D eigenvalue weighted by atomic mass is 32.2. The average Bonchev–Trinajstić information content (AvgIpc) is 2.37. The molecule has 1 heterocycles. The zero-order valence-electron chi connectivity index (χ0n) is 9.91. The first-order valence-corrected chi connectivity index (χ1v) is 6.39. The van der Waals surface area contributed by atoms with Gasteiger partial charge >= 0.3 is 5.97 Å². The minimum atomic E-state index is -1.81. The van der Waals surface area contributed by atoms with Crippen molar-refractivity contribution in [2.75, 3.05) is 12.9 Å². The standard InChI is InChI=1S/C10H14N2O5S/c1-3-17-9(16)7(14)6(13)5-4-11-10(18-2)12-8(5)15/h4,6-7,13-14H,3H2,1-2H3,(H,11,12,15). The van der Waals surface area contributed by atoms with Crippen LogP contribution in [0.25, 0.3) is 0 Å². The smallest absolute Gasteiger partial charge is 0.338 e. The summed E-state index contributed by atoms with van der Waals surface area (Å²) in [4.78, 5) is 29.1. The first-order valence-electron chi connectivity index (χ1n) is 5.17. The van der Waals surface area contributed by atoms with Gasteiger partial charge in [-0.3, -0.25) is 4.79 Å². The molecule has 18 heavy (non-hydrogen) atoms. The minimum absolute atomic E-state index is 0.0721. The van der Waals surface area contributed by atoms with Gasteiger partial charge in [-0.15, -0.1) is 0 Å². The third-order valence-corrected chi connectivity index (χ3v) is 2.74. The fraction of sp³-hybridized carbons (Fsp3) is 0.500. The highest BCUT2D eigenvalue weighted by Gasteiger charge is 2.29. The highest BCUT2D eigenvalue weighted by Crippen LogP contribution is 2.14. The van der Waals surface area contributed by atoms with Crippen LogP contribution in [0.1, 0.15) is 18.6 Å². The summed E-state index contributed by atoms with van der Waals surface area (Å²) in [6.07, 6.45) is -0.635. The van der Waals surface area contributed by atoms with Gasteiger partial charge in [-0.05, 0) is 13.2 Å². The Hall–Kier alpha value is -1.38. The number of ether oxygens (including phenoxy) is 1. The number of aromatic nitrogens is 2. The molecule has 0 bridgehead atoms. The number of H-pyrrole nitrogens is 1. The molecule has 2 atom stereocenters. The highest BCUT2D eigenvalue weighted by molar-refractivity contribution is 7.98. The molecule has 0 aliphatic heterocycles. The second-order valence-electron chi connectivity index (χ2n) is 3.32. The van der Waals surface area contributed by atoms with Crippen molar-refractivity contribution in [3.05, 3.63) is 22.1 Å². The third-order valence-electron chi connectivity index (χ3n) is 2.14. The summed E-state index contributed by atoms with van der Waals surface area (Å²) in [6.45, 7) is 1.64. The van der Waals surface area contributed by atoms with E-state index in [0.29, 0.717) is 5.16 Å². The summed E-state index contributed by atoms with van der Waals surface area (Å²) >= 11 is 1.22. The maximum absolute atomic E-state index is 11.6. The topological polar surface area (TPSA) is 113 Å². The largest absolute Gasteiger partial charge is 0.464 e. The Bertz CT molecular complexity index is 476. The van der Waals surface area contributed by atoms with Crippen LogP contribution < -0.4 is 5.56 Å². The van der Waals surface area contributed by atoms with Crippen LogP contribution >= 0.6 is 11.8 Å². The molecule has 100 valence electrons. The van der Waals surface area contributed by atoms with E-state index < -0.39 is 23.7 Å². The Morgan fingerprint density at radius 3 is 2.78 bits per heavy atom. The molecule has 2 unspecified atom stereocenters. The fourth-order valence-corrected chi connectivity index (χ4v) is 1.58. The number of aliphatic hydroxyl groups is 2. The zero-order valence-corrected chi connectivity index (χ0v) is 10.7. The van der Waals surface area contributed by atoms with Crippen molar-refractivity contribution in [2.24, 2.45) is 0 Å². The molecule has 0 saturated carbocycles. The Kier molecular flexibility index (Phi) is 5.32. The predicted octanol–water partition coefficient (Wildman–Crippen LogP) is -0.551. The lowest BCUT2D eigenvalue weighted by Crippen LogP contribution is -2.33. The molecule has 0 saturated heterocycles. The van der Waals surface area contributed by atoms with Crippen LogP contribution in [-0.4, -0.2) is 45.1 Å². The summed E-state index contributed by atoms with van der Waals surface area (Å²) < 4.78 is 4.55. The number of aliphatic hydroxyl groups excluding tert-OH is 2. The van der Waals surface area contributed by atoms with Gasteiger partial charge in [0.1, 0.15) is 6.10 Å². The molecule has 0 radical (unpaired) electrons. The zero-order chi connectivity index (χ0) is 13.7. The van der Waals surface area contributed by atoms with Gasteiger partial charge in [0.05, 0.1) is 12.2 Å². The molecule has 0 fully saturated rings. The van der Waals surface area contributed by atoms with Crippen molar-refractivity contribution in [3.8, 4) is 0 Å². The second kappa shape index (κ2) is 6.53. The van der Waals surface area contributed by atoms with Crippen LogP contribution in [0.5, 0.6) is 0 Å². The summed E-state index contributed by atoms with van der Waals surface area (Å²) in [5.41, 5.74) is -0.793. The quantitative estimate of drug-likeness (QED) is 0.375. The van der Waals surface area contributed by atoms with Gasteiger partial charge < -0.3 is 19.9 Å². The van der Waals surface area contributed by atoms with Crippen LogP contribution in [0.4, 0.5) is 0 Å². The lowest BCUT2D eigenvalue weighted by Gasteiger charge is -2.15. The third kappa shape index (κ3) is 3.31. The maximum atomic E-state index is 11.6. The number of hydrogen-bond acceptors (Lipinski definition) is 7. The van der Waals surface area contributed by atoms with E-state index in [4.69, 9.17) is 0 Å². The van der Waals surface area contributed by atoms with Crippen molar-refractivity contribution in [3.63, 3.8) is 0 Å². The first kappa shape index (κ1) is 14.7. The molecule has 0 aliphatic rings. The molecule has 0 amide bonds. The normalized spacial score (nSPS) is 14.0. The number of nitrogens with one attached hydrogen (secondary N) is 1. The van der Waals surface area contributed by atoms with Crippen LogP contribution in [-0.2, 0) is 9.53 Å². The summed E-state index contributed by atoms with van der Waals surface area (Å²) in [7, 11) is 0. The van der Waals surface area contributed by atoms with Crippen molar-refractivity contribution >= 4 is 17.7 Å². The summed E-state index contributed by atoms with van der Waals surface area (Å²) in [6, 6.07) is 0. The van der Waals surface area contributed by atoms with Crippen molar-refractivity contribution < 1.29 is 19.7 Å². The van der Waals surface area contributed by atoms with Crippen molar-refractivity contribution in [2.45, 2.75) is 24.3 Å². The molecular formula is C10H14N2O5S. The van der Waals surface area contributed by atoms with Gasteiger partial charge in [0.2, 0.25) is 0 Å². The van der Waals surface area contributed by atoms with Crippen LogP contribution in [0.2, 0.25) is 0 Å². The second-order valence-corrected chi connectivity index (χ2v) is 4.11. The van der Waals surface area contributed by atoms with Gasteiger partial charge in [-0.1, -0.05) is 11.8 Å². The fourth-order valence-electron chi connectivity index (χ4n) is 1.23. The molecule has 8 heteroatoms. The molecule has 3 N–H and O–H groups in total. The first-order chi connectivity index (χ1) is 8.51. The van der Waals surface area contributed by atoms with Gasteiger partial charge in [0.15, 0.2) is 11.3 Å². The number of carbonyl (C=O) groups is 1. The molecule has 0 spiro atoms. The number of nitrogens with zero attached hydrogens (tertiary/aromatic N) is 1. The van der Waals surface area contributed by atoms with Crippen molar-refractivity contribution in [1.29, 1.82) is 0 Å². The van der Waals surface area contributed by atoms with E-state index in [2.05, 4.69) is 14.7 Å². The maximum Gasteiger partial charge on any atom is 0.338 e. The monoisotopic (exact) mass is 274 g/mol. The Labute approximate surface area is 107 Å². The molecule has 1 aromatic heterocycles. The molecule has 0 aromatic carbocycles. The van der Waals surface area contributed by atoms with Gasteiger partial charge in [0, 0.05) is 6.20 Å². The van der Waals surface area contributed by atoms with Crippen molar-refractivity contribution in [1.82, 2.24) is 9.97 Å².